The SMILES string of the molecule is Cc1ncc(-c2nnnn2C(C)CC(=O)O)s1. The number of hydrogen-bond donors (Lipinski definition) is 1. The van der Waals surface area contributed by atoms with Crippen molar-refractivity contribution in [3.05, 3.63) is 11.2 Å². The minimum Gasteiger partial charge on any atom is -0.481 e. The number of carboxylic acid groups (broad SMARTS) is 1. The second-order valence-electron chi connectivity index (χ2n) is 3.64. The predicted octanol–water partition coefficient (Wildman–Crippen LogP) is 1.14. The van der Waals surface area contributed by atoms with Crippen molar-refractivity contribution in [3.8, 4) is 10.7 Å². The van der Waals surface area contributed by atoms with Crippen molar-refractivity contribution < 1.29 is 9.90 Å². The fraction of sp³-hybridized carbons (Fsp3) is 0.444. The first-order valence-electron chi connectivity index (χ1n) is 5.00. The Labute approximate surface area is 101 Å². The molecule has 0 radical (unpaired) electrons. The van der Waals surface area contributed by atoms with Crippen LogP contribution in [-0.2, 0) is 4.79 Å². The van der Waals surface area contributed by atoms with Crippen LogP contribution in [0.2, 0.25) is 0 Å². The Morgan fingerprint density at radius 1 is 1.65 bits per heavy atom. The summed E-state index contributed by atoms with van der Waals surface area (Å²) in [6.45, 7) is 3.66. The average Bonchev–Trinajstić information content (AvgIpc) is 2.83. The van der Waals surface area contributed by atoms with Gasteiger partial charge in [0.05, 0.1) is 22.3 Å². The number of rotatable bonds is 4. The number of aryl methyl sites for hydroxylation is 1. The van der Waals surface area contributed by atoms with E-state index < -0.39 is 5.97 Å². The van der Waals surface area contributed by atoms with Crippen LogP contribution in [0.4, 0.5) is 0 Å². The lowest BCUT2D eigenvalue weighted by atomic mass is 10.2. The lowest BCUT2D eigenvalue weighted by Gasteiger charge is -2.09. The molecule has 0 aliphatic carbocycles. The molecule has 0 saturated heterocycles. The van der Waals surface area contributed by atoms with Gasteiger partial charge in [-0.2, -0.15) is 0 Å². The highest BCUT2D eigenvalue weighted by atomic mass is 32.1. The number of nitrogens with zero attached hydrogens (tertiary/aromatic N) is 5. The molecule has 0 fully saturated rings. The second kappa shape index (κ2) is 4.58. The molecule has 1 unspecified atom stereocenters. The molecule has 7 nitrogen and oxygen atoms in total. The number of hydrogen-bond acceptors (Lipinski definition) is 6. The lowest BCUT2D eigenvalue weighted by Crippen LogP contribution is -2.13. The fourth-order valence-electron chi connectivity index (χ4n) is 1.46. The summed E-state index contributed by atoms with van der Waals surface area (Å²) < 4.78 is 1.51. The Balaban J connectivity index is 2.31. The number of carboxylic acids is 1. The Morgan fingerprint density at radius 2 is 2.41 bits per heavy atom. The van der Waals surface area contributed by atoms with Crippen LogP contribution in [0.15, 0.2) is 6.20 Å². The molecule has 2 rings (SSSR count). The molecule has 0 spiro atoms. The third-order valence-corrected chi connectivity index (χ3v) is 3.13. The fourth-order valence-corrected chi connectivity index (χ4v) is 2.21. The lowest BCUT2D eigenvalue weighted by molar-refractivity contribution is -0.137. The monoisotopic (exact) mass is 253 g/mol. The van der Waals surface area contributed by atoms with E-state index in [1.54, 1.807) is 13.1 Å². The molecule has 1 N–H and O–H groups in total. The Morgan fingerprint density at radius 3 is 3.00 bits per heavy atom. The van der Waals surface area contributed by atoms with Crippen molar-refractivity contribution in [1.82, 2.24) is 25.2 Å². The number of aromatic nitrogens is 5. The van der Waals surface area contributed by atoms with Gasteiger partial charge in [0.2, 0.25) is 0 Å². The summed E-state index contributed by atoms with van der Waals surface area (Å²) in [5.74, 6) is -0.316. The first-order chi connectivity index (χ1) is 8.08. The third kappa shape index (κ3) is 2.47. The van der Waals surface area contributed by atoms with Crippen molar-refractivity contribution in [1.29, 1.82) is 0 Å². The topological polar surface area (TPSA) is 93.8 Å². The van der Waals surface area contributed by atoms with E-state index in [-0.39, 0.29) is 12.5 Å². The summed E-state index contributed by atoms with van der Waals surface area (Å²) in [4.78, 5) is 15.6. The minimum atomic E-state index is -0.876. The summed E-state index contributed by atoms with van der Waals surface area (Å²) in [6.07, 6.45) is 1.67. The number of thiazole rings is 1. The van der Waals surface area contributed by atoms with Crippen molar-refractivity contribution in [3.63, 3.8) is 0 Å². The Kier molecular flexibility index (Phi) is 3.14. The summed E-state index contributed by atoms with van der Waals surface area (Å²) in [6, 6.07) is -0.292. The van der Waals surface area contributed by atoms with Crippen molar-refractivity contribution in [2.24, 2.45) is 0 Å². The Bertz CT molecular complexity index is 535. The van der Waals surface area contributed by atoms with Crippen molar-refractivity contribution in [2.75, 3.05) is 0 Å². The first kappa shape index (κ1) is 11.6. The molecule has 1 atom stereocenters. The van der Waals surface area contributed by atoms with Gasteiger partial charge in [0, 0.05) is 6.20 Å². The molecule has 2 heterocycles. The van der Waals surface area contributed by atoms with E-state index in [1.807, 2.05) is 6.92 Å². The zero-order valence-electron chi connectivity index (χ0n) is 9.36. The predicted molar refractivity (Wildman–Crippen MR) is 60.6 cm³/mol. The van der Waals surface area contributed by atoms with E-state index in [0.717, 1.165) is 9.88 Å². The summed E-state index contributed by atoms with van der Waals surface area (Å²) >= 11 is 1.47. The third-order valence-electron chi connectivity index (χ3n) is 2.22. The Hall–Kier alpha value is -1.83. The number of tetrazole rings is 1. The van der Waals surface area contributed by atoms with E-state index in [9.17, 15) is 4.79 Å². The minimum absolute atomic E-state index is 0.0180. The van der Waals surface area contributed by atoms with Gasteiger partial charge < -0.3 is 5.11 Å². The largest absolute Gasteiger partial charge is 0.481 e. The second-order valence-corrected chi connectivity index (χ2v) is 4.87. The van der Waals surface area contributed by atoms with Crippen molar-refractivity contribution >= 4 is 17.3 Å². The zero-order valence-corrected chi connectivity index (χ0v) is 10.2. The zero-order chi connectivity index (χ0) is 12.4. The van der Waals surface area contributed by atoms with Gasteiger partial charge in [-0.1, -0.05) is 0 Å². The summed E-state index contributed by atoms with van der Waals surface area (Å²) in [5, 5.41) is 21.0. The van der Waals surface area contributed by atoms with Gasteiger partial charge in [0.15, 0.2) is 5.82 Å². The molecule has 90 valence electrons. The summed E-state index contributed by atoms with van der Waals surface area (Å²) in [5.41, 5.74) is 0. The molecule has 0 saturated carbocycles. The maximum Gasteiger partial charge on any atom is 0.305 e. The average molecular weight is 253 g/mol. The highest BCUT2D eigenvalue weighted by Gasteiger charge is 2.18. The number of carbonyl (C=O) groups is 1. The molecule has 17 heavy (non-hydrogen) atoms. The van der Waals surface area contributed by atoms with Crippen molar-refractivity contribution in [2.45, 2.75) is 26.3 Å². The highest BCUT2D eigenvalue weighted by molar-refractivity contribution is 7.14. The van der Waals surface area contributed by atoms with E-state index in [4.69, 9.17) is 5.11 Å². The summed E-state index contributed by atoms with van der Waals surface area (Å²) in [7, 11) is 0. The maximum absolute atomic E-state index is 10.7. The van der Waals surface area contributed by atoms with Crippen LogP contribution in [-0.4, -0.2) is 36.3 Å². The molecule has 0 aromatic carbocycles. The van der Waals surface area contributed by atoms with Gasteiger partial charge in [-0.15, -0.1) is 16.4 Å². The molecule has 0 bridgehead atoms. The van der Waals surface area contributed by atoms with Gasteiger partial charge in [0.1, 0.15) is 0 Å². The van der Waals surface area contributed by atoms with Crippen LogP contribution in [0.25, 0.3) is 10.7 Å². The standard InChI is InChI=1S/C9H11N5O2S/c1-5(3-8(15)16)14-9(11-12-13-14)7-4-10-6(2)17-7/h4-5H,3H2,1-2H3,(H,15,16). The van der Waals surface area contributed by atoms with Gasteiger partial charge in [-0.3, -0.25) is 4.79 Å². The van der Waals surface area contributed by atoms with Gasteiger partial charge in [-0.25, -0.2) is 9.67 Å². The van der Waals surface area contributed by atoms with Crippen LogP contribution >= 0.6 is 11.3 Å². The van der Waals surface area contributed by atoms with Gasteiger partial charge in [-0.05, 0) is 24.3 Å². The quantitative estimate of drug-likeness (QED) is 0.878. The molecule has 0 aliphatic heterocycles. The first-order valence-corrected chi connectivity index (χ1v) is 5.82. The number of aliphatic carboxylic acids is 1. The van der Waals surface area contributed by atoms with E-state index in [0.29, 0.717) is 5.82 Å². The van der Waals surface area contributed by atoms with Gasteiger partial charge >= 0.3 is 5.97 Å². The smallest absolute Gasteiger partial charge is 0.305 e. The van der Waals surface area contributed by atoms with Crippen LogP contribution in [0.1, 0.15) is 24.4 Å². The molecule has 0 aliphatic rings. The van der Waals surface area contributed by atoms with Crippen LogP contribution < -0.4 is 0 Å². The van der Waals surface area contributed by atoms with Crippen LogP contribution in [0, 0.1) is 6.92 Å². The molecule has 8 heteroatoms. The van der Waals surface area contributed by atoms with Gasteiger partial charge in [0.25, 0.3) is 0 Å². The molecular weight excluding hydrogens is 242 g/mol. The van der Waals surface area contributed by atoms with Crippen LogP contribution in [0.3, 0.4) is 0 Å². The van der Waals surface area contributed by atoms with E-state index >= 15 is 0 Å². The maximum atomic E-state index is 10.7. The molecule has 0 amide bonds. The van der Waals surface area contributed by atoms with E-state index in [2.05, 4.69) is 20.5 Å². The molecule has 2 aromatic rings. The van der Waals surface area contributed by atoms with E-state index in [1.165, 1.54) is 16.0 Å². The highest BCUT2D eigenvalue weighted by Crippen LogP contribution is 2.25. The van der Waals surface area contributed by atoms with Crippen LogP contribution in [0.5, 0.6) is 0 Å². The normalized spacial score (nSPS) is 12.6. The molecular formula is C9H11N5O2S. The molecule has 2 aromatic heterocycles.